The van der Waals surface area contributed by atoms with Gasteiger partial charge in [0.1, 0.15) is 5.54 Å². The molecule has 0 N–H and O–H groups in total. The number of piperazine rings is 1. The highest BCUT2D eigenvalue weighted by atomic mass is 32.2. The molecule has 38 heavy (non-hydrogen) atoms. The van der Waals surface area contributed by atoms with Gasteiger partial charge in [-0.25, -0.2) is 8.42 Å². The molecule has 6 nitrogen and oxygen atoms in total. The van der Waals surface area contributed by atoms with Gasteiger partial charge >= 0.3 is 0 Å². The van der Waals surface area contributed by atoms with Gasteiger partial charge < -0.3 is 4.43 Å². The average molecular weight is 548 g/mol. The van der Waals surface area contributed by atoms with Crippen LogP contribution in [0.3, 0.4) is 0 Å². The minimum atomic E-state index is -3.85. The Morgan fingerprint density at radius 3 is 2.08 bits per heavy atom. The summed E-state index contributed by atoms with van der Waals surface area (Å²) in [4.78, 5) is 2.40. The van der Waals surface area contributed by atoms with Gasteiger partial charge in [0.05, 0.1) is 23.6 Å². The third-order valence-corrected chi connectivity index (χ3v) is 9.85. The Hall–Kier alpha value is -2.80. The maximum atomic E-state index is 14.0. The average Bonchev–Trinajstić information content (AvgIpc) is 2.89. The quantitative estimate of drug-likeness (QED) is 0.340. The van der Waals surface area contributed by atoms with E-state index in [0.717, 1.165) is 22.3 Å². The van der Waals surface area contributed by atoms with Gasteiger partial charge in [0.2, 0.25) is 10.0 Å². The Balaban J connectivity index is 1.85. The minimum absolute atomic E-state index is 0.0272. The lowest BCUT2D eigenvalue weighted by Crippen LogP contribution is -2.65. The number of benzene rings is 3. The van der Waals surface area contributed by atoms with E-state index in [1.807, 2.05) is 80.6 Å². The topological polar surface area (TPSA) is 73.6 Å². The molecule has 1 aliphatic heterocycles. The minimum Gasteiger partial charge on any atom is -0.415 e. The van der Waals surface area contributed by atoms with Crippen LogP contribution in [0, 0.1) is 25.2 Å². The van der Waals surface area contributed by atoms with Crippen molar-refractivity contribution in [2.24, 2.45) is 0 Å². The van der Waals surface area contributed by atoms with Gasteiger partial charge in [-0.2, -0.15) is 9.57 Å². The molecule has 3 aromatic rings. The van der Waals surface area contributed by atoms with Crippen molar-refractivity contribution in [1.29, 1.82) is 5.26 Å². The van der Waals surface area contributed by atoms with Crippen molar-refractivity contribution < 1.29 is 12.8 Å². The monoisotopic (exact) mass is 547 g/mol. The van der Waals surface area contributed by atoms with Gasteiger partial charge in [0, 0.05) is 19.6 Å². The zero-order valence-corrected chi connectivity index (χ0v) is 24.7. The summed E-state index contributed by atoms with van der Waals surface area (Å²) in [5.41, 5.74) is 2.97. The smallest absolute Gasteiger partial charge is 0.243 e. The maximum absolute atomic E-state index is 14.0. The highest BCUT2D eigenvalue weighted by Crippen LogP contribution is 2.39. The van der Waals surface area contributed by atoms with E-state index in [-0.39, 0.29) is 30.6 Å². The lowest BCUT2D eigenvalue weighted by Gasteiger charge is -2.51. The summed E-state index contributed by atoms with van der Waals surface area (Å²) in [6.07, 6.45) is 0. The Morgan fingerprint density at radius 1 is 0.947 bits per heavy atom. The zero-order chi connectivity index (χ0) is 27.6. The molecule has 1 heterocycles. The normalized spacial score (nSPS) is 21.2. The van der Waals surface area contributed by atoms with Crippen LogP contribution < -0.4 is 0 Å². The summed E-state index contributed by atoms with van der Waals surface area (Å²) in [6.45, 7) is 11.1. The first-order valence-electron chi connectivity index (χ1n) is 12.9. The second-order valence-corrected chi connectivity index (χ2v) is 17.6. The molecule has 2 atom stereocenters. The van der Waals surface area contributed by atoms with E-state index in [1.165, 1.54) is 4.31 Å². The SMILES string of the molecule is Cc1ccc([C@H]2CN(S(=O)(=O)c3ccc(C)cc3)C[C@@](C#N)(CO[Si](C)(C)C)N2Cc2ccccc2)cc1. The van der Waals surface area contributed by atoms with Crippen LogP contribution in [0.5, 0.6) is 0 Å². The molecule has 0 unspecified atom stereocenters. The molecule has 0 bridgehead atoms. The number of hydrogen-bond donors (Lipinski definition) is 0. The van der Waals surface area contributed by atoms with Gasteiger partial charge in [-0.05, 0) is 56.7 Å². The summed E-state index contributed by atoms with van der Waals surface area (Å²) in [5.74, 6) is 0. The molecule has 200 valence electrons. The molecule has 3 aromatic carbocycles. The standard InChI is InChI=1S/C30H37N3O3SSi/c1-24-11-15-27(16-12-24)29-20-32(37(34,35)28-17-13-25(2)14-18-28)22-30(21-31,23-36-38(3,4)5)33(29)19-26-9-7-6-8-10-26/h6-18,29H,19-20,22-23H2,1-5H3/t29-,30+/m1/s1. The summed E-state index contributed by atoms with van der Waals surface area (Å²) >= 11 is 0. The second kappa shape index (κ2) is 11.1. The highest BCUT2D eigenvalue weighted by Gasteiger charge is 2.51. The van der Waals surface area contributed by atoms with Crippen LogP contribution in [-0.2, 0) is 21.0 Å². The highest BCUT2D eigenvalue weighted by molar-refractivity contribution is 7.89. The molecule has 0 amide bonds. The molecule has 1 aliphatic rings. The van der Waals surface area contributed by atoms with Crippen molar-refractivity contribution in [3.8, 4) is 6.07 Å². The van der Waals surface area contributed by atoms with Crippen LogP contribution in [-0.4, -0.2) is 51.2 Å². The lowest BCUT2D eigenvalue weighted by atomic mass is 9.90. The fourth-order valence-corrected chi connectivity index (χ4v) is 6.96. The molecule has 0 saturated carbocycles. The van der Waals surface area contributed by atoms with Crippen LogP contribution >= 0.6 is 0 Å². The molecular weight excluding hydrogens is 511 g/mol. The predicted octanol–water partition coefficient (Wildman–Crippen LogP) is 5.67. The first-order chi connectivity index (χ1) is 17.9. The fourth-order valence-electron chi connectivity index (χ4n) is 4.79. The van der Waals surface area contributed by atoms with Crippen molar-refractivity contribution in [3.05, 3.63) is 101 Å². The third-order valence-electron chi connectivity index (χ3n) is 7.01. The summed E-state index contributed by atoms with van der Waals surface area (Å²) < 4.78 is 35.8. The van der Waals surface area contributed by atoms with Crippen LogP contribution in [0.15, 0.2) is 83.8 Å². The number of nitrogens with zero attached hydrogens (tertiary/aromatic N) is 3. The first-order valence-corrected chi connectivity index (χ1v) is 17.8. The molecule has 0 aromatic heterocycles. The summed E-state index contributed by atoms with van der Waals surface area (Å²) in [5, 5.41) is 10.8. The van der Waals surface area contributed by atoms with Gasteiger partial charge in [-0.1, -0.05) is 77.9 Å². The van der Waals surface area contributed by atoms with Crippen molar-refractivity contribution in [3.63, 3.8) is 0 Å². The fraction of sp³-hybridized carbons (Fsp3) is 0.367. The largest absolute Gasteiger partial charge is 0.415 e. The van der Waals surface area contributed by atoms with Crippen molar-refractivity contribution >= 4 is 18.3 Å². The second-order valence-electron chi connectivity index (χ2n) is 11.2. The van der Waals surface area contributed by atoms with Crippen LogP contribution in [0.1, 0.15) is 28.3 Å². The number of sulfonamides is 1. The zero-order valence-electron chi connectivity index (χ0n) is 22.9. The van der Waals surface area contributed by atoms with Crippen LogP contribution in [0.4, 0.5) is 0 Å². The molecule has 0 radical (unpaired) electrons. The van der Waals surface area contributed by atoms with Gasteiger partial charge in [0.15, 0.2) is 8.32 Å². The summed E-state index contributed by atoms with van der Waals surface area (Å²) in [7, 11) is -5.87. The number of hydrogen-bond acceptors (Lipinski definition) is 5. The lowest BCUT2D eigenvalue weighted by molar-refractivity contribution is -0.0197. The van der Waals surface area contributed by atoms with Gasteiger partial charge in [0.25, 0.3) is 0 Å². The third kappa shape index (κ3) is 6.25. The van der Waals surface area contributed by atoms with E-state index >= 15 is 0 Å². The number of aryl methyl sites for hydroxylation is 2. The number of nitriles is 1. The van der Waals surface area contributed by atoms with E-state index in [1.54, 1.807) is 12.1 Å². The van der Waals surface area contributed by atoms with Crippen LogP contribution in [0.25, 0.3) is 0 Å². The molecule has 1 saturated heterocycles. The van der Waals surface area contributed by atoms with Crippen molar-refractivity contribution in [1.82, 2.24) is 9.21 Å². The van der Waals surface area contributed by atoms with Crippen molar-refractivity contribution in [2.75, 3.05) is 19.7 Å². The van der Waals surface area contributed by atoms with E-state index in [0.29, 0.717) is 6.54 Å². The number of rotatable bonds is 8. The Labute approximate surface area is 228 Å². The van der Waals surface area contributed by atoms with Gasteiger partial charge in [-0.15, -0.1) is 0 Å². The van der Waals surface area contributed by atoms with E-state index in [4.69, 9.17) is 4.43 Å². The van der Waals surface area contributed by atoms with Gasteiger partial charge in [-0.3, -0.25) is 4.90 Å². The first kappa shape index (κ1) is 28.2. The van der Waals surface area contributed by atoms with E-state index in [9.17, 15) is 13.7 Å². The molecule has 0 aliphatic carbocycles. The van der Waals surface area contributed by atoms with E-state index < -0.39 is 23.9 Å². The maximum Gasteiger partial charge on any atom is 0.243 e. The van der Waals surface area contributed by atoms with E-state index in [2.05, 4.69) is 30.6 Å². The molecule has 4 rings (SSSR count). The Morgan fingerprint density at radius 2 is 1.53 bits per heavy atom. The molecule has 0 spiro atoms. The van der Waals surface area contributed by atoms with Crippen molar-refractivity contribution in [2.45, 2.75) is 56.5 Å². The van der Waals surface area contributed by atoms with Crippen LogP contribution in [0.2, 0.25) is 19.6 Å². The predicted molar refractivity (Wildman–Crippen MR) is 153 cm³/mol. The Kier molecular flexibility index (Phi) is 8.26. The molecule has 8 heteroatoms. The molecular formula is C30H37N3O3SSi. The Bertz CT molecular complexity index is 1380. The molecule has 1 fully saturated rings. The summed E-state index contributed by atoms with van der Waals surface area (Å²) in [6, 6.07) is 27.3.